The summed E-state index contributed by atoms with van der Waals surface area (Å²) in [6, 6.07) is -0.0163. The Labute approximate surface area is 101 Å². The molecule has 1 rings (SSSR count). The summed E-state index contributed by atoms with van der Waals surface area (Å²) in [4.78, 5) is 4.23. The third-order valence-electron chi connectivity index (χ3n) is 2.20. The molecule has 0 aromatic carbocycles. The molecule has 6 heteroatoms. The van der Waals surface area contributed by atoms with Crippen LogP contribution in [0.3, 0.4) is 0 Å². The van der Waals surface area contributed by atoms with E-state index in [1.165, 1.54) is 6.26 Å². The molecule has 0 fully saturated rings. The Bertz CT molecular complexity index is 400. The second kappa shape index (κ2) is 5.75. The Morgan fingerprint density at radius 3 is 2.69 bits per heavy atom. The van der Waals surface area contributed by atoms with Crippen molar-refractivity contribution >= 4 is 21.2 Å². The molecule has 92 valence electrons. The molecule has 0 aliphatic rings. The fourth-order valence-corrected chi connectivity index (χ4v) is 3.18. The van der Waals surface area contributed by atoms with Gasteiger partial charge in [0, 0.05) is 36.3 Å². The van der Waals surface area contributed by atoms with Gasteiger partial charge >= 0.3 is 0 Å². The zero-order chi connectivity index (χ0) is 12.2. The van der Waals surface area contributed by atoms with Gasteiger partial charge in [0.2, 0.25) is 0 Å². The fraction of sp³-hybridized carbons (Fsp3) is 0.700. The normalized spacial score (nSPS) is 15.9. The van der Waals surface area contributed by atoms with Crippen molar-refractivity contribution in [2.24, 2.45) is 0 Å². The maximum Gasteiger partial charge on any atom is 0.148 e. The van der Waals surface area contributed by atoms with Gasteiger partial charge in [-0.15, -0.1) is 11.3 Å². The molecule has 1 heterocycles. The monoisotopic (exact) mass is 262 g/mol. The van der Waals surface area contributed by atoms with E-state index >= 15 is 0 Å². The number of aromatic nitrogens is 1. The van der Waals surface area contributed by atoms with Crippen LogP contribution in [0.4, 0.5) is 0 Å². The average Bonchev–Trinajstić information content (AvgIpc) is 2.64. The minimum absolute atomic E-state index is 0.0163. The smallest absolute Gasteiger partial charge is 0.148 e. The standard InChI is InChI=1S/C10H18N2O2S2/c1-8(10-11-4-5-15-10)6-12-9(2)7-16(3,13)14/h4-5,8-9,12H,6-7H2,1-3H3. The van der Waals surface area contributed by atoms with Crippen molar-refractivity contribution in [3.8, 4) is 0 Å². The van der Waals surface area contributed by atoms with E-state index in [-0.39, 0.29) is 11.8 Å². The van der Waals surface area contributed by atoms with E-state index in [1.807, 2.05) is 12.3 Å². The molecule has 0 saturated heterocycles. The lowest BCUT2D eigenvalue weighted by Crippen LogP contribution is -2.35. The van der Waals surface area contributed by atoms with Gasteiger partial charge in [0.1, 0.15) is 9.84 Å². The molecule has 0 saturated carbocycles. The van der Waals surface area contributed by atoms with Crippen LogP contribution in [0.1, 0.15) is 24.8 Å². The third kappa shape index (κ3) is 5.05. The summed E-state index contributed by atoms with van der Waals surface area (Å²) in [5.74, 6) is 0.499. The van der Waals surface area contributed by atoms with Crippen molar-refractivity contribution in [1.29, 1.82) is 0 Å². The van der Waals surface area contributed by atoms with E-state index in [9.17, 15) is 8.42 Å². The summed E-state index contributed by atoms with van der Waals surface area (Å²) >= 11 is 1.63. The van der Waals surface area contributed by atoms with Gasteiger partial charge < -0.3 is 5.32 Å². The quantitative estimate of drug-likeness (QED) is 0.839. The Morgan fingerprint density at radius 1 is 1.50 bits per heavy atom. The molecule has 4 nitrogen and oxygen atoms in total. The second-order valence-corrected chi connectivity index (χ2v) is 7.28. The zero-order valence-electron chi connectivity index (χ0n) is 9.80. The van der Waals surface area contributed by atoms with Crippen LogP contribution < -0.4 is 5.32 Å². The van der Waals surface area contributed by atoms with Gasteiger partial charge in [-0.3, -0.25) is 0 Å². The maximum atomic E-state index is 11.1. The summed E-state index contributed by atoms with van der Waals surface area (Å²) < 4.78 is 22.1. The Morgan fingerprint density at radius 2 is 2.19 bits per heavy atom. The molecule has 16 heavy (non-hydrogen) atoms. The van der Waals surface area contributed by atoms with Gasteiger partial charge in [0.25, 0.3) is 0 Å². The molecule has 2 unspecified atom stereocenters. The van der Waals surface area contributed by atoms with Gasteiger partial charge in [0.15, 0.2) is 0 Å². The largest absolute Gasteiger partial charge is 0.313 e. The van der Waals surface area contributed by atoms with E-state index in [0.717, 1.165) is 11.6 Å². The SMILES string of the molecule is CC(CS(C)(=O)=O)NCC(C)c1nccs1. The molecule has 1 aromatic rings. The first kappa shape index (κ1) is 13.6. The van der Waals surface area contributed by atoms with Gasteiger partial charge in [-0.2, -0.15) is 0 Å². The van der Waals surface area contributed by atoms with Crippen LogP contribution in [-0.4, -0.2) is 38.0 Å². The van der Waals surface area contributed by atoms with Crippen LogP contribution in [0.5, 0.6) is 0 Å². The van der Waals surface area contributed by atoms with Crippen LogP contribution in [0.25, 0.3) is 0 Å². The molecule has 0 radical (unpaired) electrons. The lowest BCUT2D eigenvalue weighted by molar-refractivity contribution is 0.535. The van der Waals surface area contributed by atoms with Gasteiger partial charge in [-0.1, -0.05) is 6.92 Å². The molecule has 0 aliphatic heterocycles. The summed E-state index contributed by atoms with van der Waals surface area (Å²) in [5, 5.41) is 6.25. The van der Waals surface area contributed by atoms with Gasteiger partial charge in [-0.25, -0.2) is 13.4 Å². The fourth-order valence-electron chi connectivity index (χ4n) is 1.46. The molecular formula is C10H18N2O2S2. The van der Waals surface area contributed by atoms with Crippen LogP contribution in [0.2, 0.25) is 0 Å². The predicted octanol–water partition coefficient (Wildman–Crippen LogP) is 1.27. The Hall–Kier alpha value is -0.460. The highest BCUT2D eigenvalue weighted by Gasteiger charge is 2.13. The first-order valence-electron chi connectivity index (χ1n) is 5.19. The maximum absolute atomic E-state index is 11.1. The number of nitrogens with one attached hydrogen (secondary N) is 1. The Balaban J connectivity index is 2.35. The predicted molar refractivity (Wildman–Crippen MR) is 67.7 cm³/mol. The highest BCUT2D eigenvalue weighted by atomic mass is 32.2. The van der Waals surface area contributed by atoms with Crippen LogP contribution in [-0.2, 0) is 9.84 Å². The summed E-state index contributed by atoms with van der Waals surface area (Å²) in [7, 11) is -2.90. The van der Waals surface area contributed by atoms with Gasteiger partial charge in [0.05, 0.1) is 10.8 Å². The molecule has 0 spiro atoms. The van der Waals surface area contributed by atoms with Crippen molar-refractivity contribution in [3.63, 3.8) is 0 Å². The topological polar surface area (TPSA) is 59.1 Å². The summed E-state index contributed by atoms with van der Waals surface area (Å²) in [6.45, 7) is 4.72. The van der Waals surface area contributed by atoms with Crippen molar-refractivity contribution in [2.75, 3.05) is 18.6 Å². The van der Waals surface area contributed by atoms with Crippen LogP contribution in [0.15, 0.2) is 11.6 Å². The van der Waals surface area contributed by atoms with E-state index in [4.69, 9.17) is 0 Å². The van der Waals surface area contributed by atoms with Crippen molar-refractivity contribution in [3.05, 3.63) is 16.6 Å². The van der Waals surface area contributed by atoms with Crippen LogP contribution in [0, 0.1) is 0 Å². The van der Waals surface area contributed by atoms with Crippen molar-refractivity contribution < 1.29 is 8.42 Å². The molecule has 0 aliphatic carbocycles. The van der Waals surface area contributed by atoms with Gasteiger partial charge in [-0.05, 0) is 6.92 Å². The summed E-state index contributed by atoms with van der Waals surface area (Å²) in [6.07, 6.45) is 3.05. The number of hydrogen-bond donors (Lipinski definition) is 1. The molecule has 0 amide bonds. The van der Waals surface area contributed by atoms with E-state index in [1.54, 1.807) is 17.5 Å². The van der Waals surface area contributed by atoms with E-state index in [2.05, 4.69) is 17.2 Å². The first-order chi connectivity index (χ1) is 7.38. The lowest BCUT2D eigenvalue weighted by Gasteiger charge is -2.15. The second-order valence-electron chi connectivity index (χ2n) is 4.17. The lowest BCUT2D eigenvalue weighted by atomic mass is 10.2. The molecular weight excluding hydrogens is 244 g/mol. The molecule has 1 aromatic heterocycles. The molecule has 2 atom stereocenters. The average molecular weight is 262 g/mol. The number of hydrogen-bond acceptors (Lipinski definition) is 5. The highest BCUT2D eigenvalue weighted by molar-refractivity contribution is 7.90. The summed E-state index contributed by atoms with van der Waals surface area (Å²) in [5.41, 5.74) is 0. The minimum Gasteiger partial charge on any atom is -0.313 e. The highest BCUT2D eigenvalue weighted by Crippen LogP contribution is 2.16. The first-order valence-corrected chi connectivity index (χ1v) is 8.13. The number of nitrogens with zero attached hydrogens (tertiary/aromatic N) is 1. The number of thiazole rings is 1. The van der Waals surface area contributed by atoms with Crippen LogP contribution >= 0.6 is 11.3 Å². The third-order valence-corrected chi connectivity index (χ3v) is 4.31. The number of sulfone groups is 1. The molecule has 0 bridgehead atoms. The number of rotatable bonds is 6. The van der Waals surface area contributed by atoms with Crippen molar-refractivity contribution in [1.82, 2.24) is 10.3 Å². The molecule has 1 N–H and O–H groups in total. The van der Waals surface area contributed by atoms with E-state index < -0.39 is 9.84 Å². The zero-order valence-corrected chi connectivity index (χ0v) is 11.4. The van der Waals surface area contributed by atoms with E-state index in [0.29, 0.717) is 5.92 Å². The van der Waals surface area contributed by atoms with Crippen molar-refractivity contribution in [2.45, 2.75) is 25.8 Å². The Kier molecular flexibility index (Phi) is 4.89. The minimum atomic E-state index is -2.90.